The van der Waals surface area contributed by atoms with Crippen LogP contribution < -0.4 is 22.5 Å². The minimum absolute atomic E-state index is 0.216. The molecule has 1 atom stereocenters. The second-order valence-electron chi connectivity index (χ2n) is 7.10. The van der Waals surface area contributed by atoms with E-state index in [9.17, 15) is 19.2 Å². The van der Waals surface area contributed by atoms with Gasteiger partial charge in [0.15, 0.2) is 10.9 Å². The number of carbonyl (C=O) groups is 1. The zero-order valence-corrected chi connectivity index (χ0v) is 19.5. The van der Waals surface area contributed by atoms with E-state index < -0.39 is 22.3 Å². The molecule has 0 spiro atoms. The Kier molecular flexibility index (Phi) is 6.91. The Bertz CT molecular complexity index is 1390. The lowest BCUT2D eigenvalue weighted by molar-refractivity contribution is 0.0992. The fraction of sp³-hybridized carbons (Fsp3) is 0.350. The van der Waals surface area contributed by atoms with E-state index in [-0.39, 0.29) is 35.2 Å². The van der Waals surface area contributed by atoms with Crippen LogP contribution in [0.15, 0.2) is 37.7 Å². The number of fused-ring (bicyclic) bond motifs is 1. The van der Waals surface area contributed by atoms with Crippen molar-refractivity contribution >= 4 is 45.9 Å². The standard InChI is InChI=1S/C20H22ClN5O5S/c1-10(15(27)14-16(22)24(2)20(30)25(3)18(14)29)32-19-23-13-9-11(21)5-6-12(13)17(28)26(19)7-8-31-4/h5-6,9-10H,7-8,22H2,1-4H3. The fourth-order valence-electron chi connectivity index (χ4n) is 3.15. The van der Waals surface area contributed by atoms with Gasteiger partial charge in [-0.2, -0.15) is 0 Å². The summed E-state index contributed by atoms with van der Waals surface area (Å²) in [4.78, 5) is 55.3. The van der Waals surface area contributed by atoms with E-state index in [1.807, 2.05) is 0 Å². The second kappa shape index (κ2) is 9.31. The number of halogens is 1. The number of aromatic nitrogens is 4. The summed E-state index contributed by atoms with van der Waals surface area (Å²) in [5, 5.41) is 0.230. The highest BCUT2D eigenvalue weighted by Crippen LogP contribution is 2.26. The molecule has 2 aromatic heterocycles. The third-order valence-corrected chi connectivity index (χ3v) is 6.33. The maximum Gasteiger partial charge on any atom is 0.332 e. The van der Waals surface area contributed by atoms with Gasteiger partial charge in [-0.3, -0.25) is 28.1 Å². The minimum Gasteiger partial charge on any atom is -0.384 e. The second-order valence-corrected chi connectivity index (χ2v) is 8.84. The molecule has 2 N–H and O–H groups in total. The summed E-state index contributed by atoms with van der Waals surface area (Å²) in [6.07, 6.45) is 0. The number of benzene rings is 1. The summed E-state index contributed by atoms with van der Waals surface area (Å²) in [6, 6.07) is 4.76. The minimum atomic E-state index is -0.833. The zero-order valence-electron chi connectivity index (χ0n) is 17.9. The molecule has 0 fully saturated rings. The number of ether oxygens (including phenoxy) is 1. The van der Waals surface area contributed by atoms with Crippen LogP contribution in [0.5, 0.6) is 0 Å². The Balaban J connectivity index is 2.09. The number of hydrogen-bond donors (Lipinski definition) is 1. The van der Waals surface area contributed by atoms with Gasteiger partial charge in [0.2, 0.25) is 0 Å². The molecule has 0 aliphatic rings. The number of anilines is 1. The summed E-state index contributed by atoms with van der Waals surface area (Å²) < 4.78 is 8.38. The molecule has 1 aromatic carbocycles. The van der Waals surface area contributed by atoms with Crippen molar-refractivity contribution in [3.8, 4) is 0 Å². The lowest BCUT2D eigenvalue weighted by Gasteiger charge is -2.17. The molecular weight excluding hydrogens is 458 g/mol. The Morgan fingerprint density at radius 2 is 1.91 bits per heavy atom. The molecule has 0 saturated carbocycles. The predicted octanol–water partition coefficient (Wildman–Crippen LogP) is 1.04. The van der Waals surface area contributed by atoms with Crippen molar-refractivity contribution in [2.45, 2.75) is 23.9 Å². The fourth-order valence-corrected chi connectivity index (χ4v) is 4.31. The number of ketones is 1. The number of hydrogen-bond acceptors (Lipinski definition) is 8. The van der Waals surface area contributed by atoms with Gasteiger partial charge in [0.25, 0.3) is 11.1 Å². The van der Waals surface area contributed by atoms with Gasteiger partial charge in [-0.1, -0.05) is 23.4 Å². The topological polar surface area (TPSA) is 131 Å². The predicted molar refractivity (Wildman–Crippen MR) is 124 cm³/mol. The lowest BCUT2D eigenvalue weighted by Crippen LogP contribution is -2.42. The van der Waals surface area contributed by atoms with Crippen LogP contribution >= 0.6 is 23.4 Å². The normalized spacial score (nSPS) is 12.3. The summed E-state index contributed by atoms with van der Waals surface area (Å²) >= 11 is 7.06. The highest BCUT2D eigenvalue weighted by molar-refractivity contribution is 8.00. The summed E-state index contributed by atoms with van der Waals surface area (Å²) in [7, 11) is 4.16. The summed E-state index contributed by atoms with van der Waals surface area (Å²) in [5.74, 6) is -0.798. The van der Waals surface area contributed by atoms with Crippen molar-refractivity contribution in [3.63, 3.8) is 0 Å². The van der Waals surface area contributed by atoms with Crippen LogP contribution in [0.1, 0.15) is 17.3 Å². The molecular formula is C20H22ClN5O5S. The molecule has 170 valence electrons. The average Bonchev–Trinajstić information content (AvgIpc) is 2.75. The molecule has 0 amide bonds. The number of Topliss-reactive ketones (excluding diaryl/α,β-unsaturated/α-hetero) is 1. The molecule has 2 heterocycles. The first-order chi connectivity index (χ1) is 15.1. The number of carbonyl (C=O) groups excluding carboxylic acids is 1. The molecule has 0 bridgehead atoms. The van der Waals surface area contributed by atoms with E-state index in [1.54, 1.807) is 25.1 Å². The molecule has 10 nitrogen and oxygen atoms in total. The van der Waals surface area contributed by atoms with Crippen LogP contribution in [0, 0.1) is 0 Å². The first-order valence-electron chi connectivity index (χ1n) is 9.53. The Hall–Kier alpha value is -2.89. The van der Waals surface area contributed by atoms with Crippen molar-refractivity contribution in [1.82, 2.24) is 18.7 Å². The molecule has 0 aliphatic heterocycles. The first-order valence-corrected chi connectivity index (χ1v) is 10.8. The molecule has 0 aliphatic carbocycles. The number of nitrogen functional groups attached to an aromatic ring is 1. The first kappa shape index (κ1) is 23.8. The van der Waals surface area contributed by atoms with Crippen LogP contribution in [0.2, 0.25) is 5.02 Å². The van der Waals surface area contributed by atoms with Gasteiger partial charge in [-0.15, -0.1) is 0 Å². The smallest absolute Gasteiger partial charge is 0.332 e. The molecule has 0 radical (unpaired) electrons. The number of nitrogens with two attached hydrogens (primary N) is 1. The molecule has 3 rings (SSSR count). The van der Waals surface area contributed by atoms with E-state index >= 15 is 0 Å². The van der Waals surface area contributed by atoms with Crippen molar-refractivity contribution in [2.75, 3.05) is 19.5 Å². The van der Waals surface area contributed by atoms with E-state index in [1.165, 1.54) is 25.8 Å². The van der Waals surface area contributed by atoms with Gasteiger partial charge >= 0.3 is 5.69 Å². The SMILES string of the molecule is COCCn1c(SC(C)C(=O)c2c(N)n(C)c(=O)n(C)c2=O)nc2cc(Cl)ccc2c1=O. The van der Waals surface area contributed by atoms with Crippen molar-refractivity contribution < 1.29 is 9.53 Å². The monoisotopic (exact) mass is 479 g/mol. The largest absolute Gasteiger partial charge is 0.384 e. The lowest BCUT2D eigenvalue weighted by atomic mass is 10.1. The third-order valence-electron chi connectivity index (χ3n) is 5.01. The van der Waals surface area contributed by atoms with E-state index in [0.717, 1.165) is 20.9 Å². The number of thioether (sulfide) groups is 1. The Morgan fingerprint density at radius 1 is 1.22 bits per heavy atom. The Labute approximate surface area is 191 Å². The van der Waals surface area contributed by atoms with Gasteiger partial charge in [-0.25, -0.2) is 9.78 Å². The number of methoxy groups -OCH3 is 1. The maximum absolute atomic E-state index is 13.1. The number of nitrogens with zero attached hydrogens (tertiary/aromatic N) is 4. The van der Waals surface area contributed by atoms with Gasteiger partial charge in [0.05, 0.1) is 29.3 Å². The molecule has 0 saturated heterocycles. The molecule has 32 heavy (non-hydrogen) atoms. The van der Waals surface area contributed by atoms with Gasteiger partial charge in [-0.05, 0) is 25.1 Å². The summed E-state index contributed by atoms with van der Waals surface area (Å²) in [6.45, 7) is 2.05. The van der Waals surface area contributed by atoms with Crippen molar-refractivity contribution in [1.29, 1.82) is 0 Å². The molecule has 3 aromatic rings. The average molecular weight is 480 g/mol. The third kappa shape index (κ3) is 4.23. The molecule has 12 heteroatoms. The highest BCUT2D eigenvalue weighted by Gasteiger charge is 2.27. The van der Waals surface area contributed by atoms with E-state index in [0.29, 0.717) is 15.9 Å². The van der Waals surface area contributed by atoms with Crippen LogP contribution in [0.25, 0.3) is 10.9 Å². The zero-order chi connectivity index (χ0) is 23.7. The maximum atomic E-state index is 13.1. The van der Waals surface area contributed by atoms with Crippen LogP contribution in [-0.4, -0.2) is 43.4 Å². The van der Waals surface area contributed by atoms with E-state index in [2.05, 4.69) is 4.98 Å². The quantitative estimate of drug-likeness (QED) is 0.302. The van der Waals surface area contributed by atoms with Gasteiger partial charge in [0.1, 0.15) is 11.4 Å². The Morgan fingerprint density at radius 3 is 2.56 bits per heavy atom. The van der Waals surface area contributed by atoms with Crippen molar-refractivity contribution in [2.24, 2.45) is 14.1 Å². The number of rotatable bonds is 7. The van der Waals surface area contributed by atoms with Crippen LogP contribution in [-0.2, 0) is 25.4 Å². The highest BCUT2D eigenvalue weighted by atomic mass is 35.5. The van der Waals surface area contributed by atoms with Crippen molar-refractivity contribution in [3.05, 3.63) is 60.0 Å². The van der Waals surface area contributed by atoms with Gasteiger partial charge < -0.3 is 10.5 Å². The van der Waals surface area contributed by atoms with Gasteiger partial charge in [0, 0.05) is 26.2 Å². The molecule has 1 unspecified atom stereocenters. The summed E-state index contributed by atoms with van der Waals surface area (Å²) in [5.41, 5.74) is 4.30. The van der Waals surface area contributed by atoms with Crippen LogP contribution in [0.3, 0.4) is 0 Å². The van der Waals surface area contributed by atoms with Crippen LogP contribution in [0.4, 0.5) is 5.82 Å². The van der Waals surface area contributed by atoms with E-state index in [4.69, 9.17) is 22.1 Å².